The maximum Gasteiger partial charge on any atom is 0.0620 e. The van der Waals surface area contributed by atoms with Crippen molar-refractivity contribution in [2.75, 3.05) is 19.8 Å². The lowest BCUT2D eigenvalue weighted by molar-refractivity contribution is 0.188. The van der Waals surface area contributed by atoms with E-state index >= 15 is 0 Å². The van der Waals surface area contributed by atoms with Crippen molar-refractivity contribution >= 4 is 0 Å². The maximum atomic E-state index is 5.45. The van der Waals surface area contributed by atoms with Gasteiger partial charge in [-0.25, -0.2) is 0 Å². The van der Waals surface area contributed by atoms with E-state index in [4.69, 9.17) is 4.74 Å². The van der Waals surface area contributed by atoms with Crippen molar-refractivity contribution in [3.63, 3.8) is 0 Å². The molecule has 2 heteroatoms. The second-order valence-electron chi connectivity index (χ2n) is 5.79. The van der Waals surface area contributed by atoms with E-state index in [0.29, 0.717) is 11.5 Å². The first-order valence-electron chi connectivity index (χ1n) is 7.26. The smallest absolute Gasteiger partial charge is 0.0620 e. The molecule has 1 aliphatic carbocycles. The quantitative estimate of drug-likeness (QED) is 0.880. The third kappa shape index (κ3) is 2.45. The summed E-state index contributed by atoms with van der Waals surface area (Å²) >= 11 is 0. The summed E-state index contributed by atoms with van der Waals surface area (Å²) in [7, 11) is 0. The van der Waals surface area contributed by atoms with Crippen molar-refractivity contribution in [2.45, 2.75) is 43.6 Å². The molecule has 3 rings (SSSR count). The van der Waals surface area contributed by atoms with Gasteiger partial charge in [0.15, 0.2) is 0 Å². The van der Waals surface area contributed by atoms with Crippen molar-refractivity contribution in [1.82, 2.24) is 5.32 Å². The fourth-order valence-electron chi connectivity index (χ4n) is 3.45. The molecule has 2 nitrogen and oxygen atoms in total. The lowest BCUT2D eigenvalue weighted by Gasteiger charge is -2.31. The van der Waals surface area contributed by atoms with Crippen molar-refractivity contribution in [3.8, 4) is 0 Å². The lowest BCUT2D eigenvalue weighted by Crippen LogP contribution is -2.41. The molecule has 98 valence electrons. The molecule has 2 fully saturated rings. The Morgan fingerprint density at radius 1 is 1.17 bits per heavy atom. The fourth-order valence-corrected chi connectivity index (χ4v) is 3.45. The Morgan fingerprint density at radius 2 is 1.94 bits per heavy atom. The summed E-state index contributed by atoms with van der Waals surface area (Å²) in [6.45, 7) is 2.94. The van der Waals surface area contributed by atoms with Crippen LogP contribution in [0, 0.1) is 0 Å². The third-order valence-corrected chi connectivity index (χ3v) is 4.61. The minimum absolute atomic E-state index is 0.379. The van der Waals surface area contributed by atoms with E-state index in [1.54, 1.807) is 0 Å². The van der Waals surface area contributed by atoms with Crippen molar-refractivity contribution in [3.05, 3.63) is 35.9 Å². The Balaban J connectivity index is 1.70. The monoisotopic (exact) mass is 245 g/mol. The zero-order chi connectivity index (χ0) is 12.3. The molecule has 1 N–H and O–H groups in total. The molecule has 1 aromatic carbocycles. The first kappa shape index (κ1) is 12.2. The largest absolute Gasteiger partial charge is 0.380 e. The summed E-state index contributed by atoms with van der Waals surface area (Å²) < 4.78 is 5.45. The molecule has 0 bridgehead atoms. The minimum atomic E-state index is 0.379. The summed E-state index contributed by atoms with van der Waals surface area (Å²) in [5.74, 6) is 0. The van der Waals surface area contributed by atoms with Crippen LogP contribution >= 0.6 is 0 Å². The normalized spacial score (nSPS) is 26.6. The molecule has 18 heavy (non-hydrogen) atoms. The van der Waals surface area contributed by atoms with Gasteiger partial charge in [-0.15, -0.1) is 0 Å². The highest BCUT2D eigenvalue weighted by Crippen LogP contribution is 2.40. The van der Waals surface area contributed by atoms with Gasteiger partial charge in [-0.1, -0.05) is 43.2 Å². The van der Waals surface area contributed by atoms with Crippen LogP contribution in [0.5, 0.6) is 0 Å². The van der Waals surface area contributed by atoms with E-state index < -0.39 is 0 Å². The molecule has 1 heterocycles. The number of hydrogen-bond donors (Lipinski definition) is 1. The lowest BCUT2D eigenvalue weighted by atomic mass is 9.78. The summed E-state index contributed by atoms with van der Waals surface area (Å²) in [6, 6.07) is 11.6. The predicted molar refractivity (Wildman–Crippen MR) is 73.8 cm³/mol. The summed E-state index contributed by atoms with van der Waals surface area (Å²) in [6.07, 6.45) is 6.58. The topological polar surface area (TPSA) is 21.3 Å². The van der Waals surface area contributed by atoms with Crippen LogP contribution in [0.1, 0.15) is 37.7 Å². The Labute approximate surface area is 110 Å². The van der Waals surface area contributed by atoms with Crippen LogP contribution < -0.4 is 5.32 Å². The summed E-state index contributed by atoms with van der Waals surface area (Å²) in [5, 5.41) is 3.74. The van der Waals surface area contributed by atoms with Crippen molar-refractivity contribution in [1.29, 1.82) is 0 Å². The van der Waals surface area contributed by atoms with E-state index in [1.807, 2.05) is 0 Å². The highest BCUT2D eigenvalue weighted by atomic mass is 16.5. The molecule has 1 saturated heterocycles. The summed E-state index contributed by atoms with van der Waals surface area (Å²) in [4.78, 5) is 0. The average molecular weight is 245 g/mol. The third-order valence-electron chi connectivity index (χ3n) is 4.61. The first-order chi connectivity index (χ1) is 8.89. The maximum absolute atomic E-state index is 5.45. The zero-order valence-corrected chi connectivity index (χ0v) is 11.0. The molecule has 0 aromatic heterocycles. The highest BCUT2D eigenvalue weighted by molar-refractivity contribution is 5.27. The van der Waals surface area contributed by atoms with Gasteiger partial charge in [0, 0.05) is 24.6 Å². The molecule has 1 aliphatic heterocycles. The van der Waals surface area contributed by atoms with Crippen LogP contribution in [0.4, 0.5) is 0 Å². The van der Waals surface area contributed by atoms with Crippen LogP contribution in [0.15, 0.2) is 30.3 Å². The van der Waals surface area contributed by atoms with Crippen LogP contribution in [0.3, 0.4) is 0 Å². The molecule has 2 aliphatic rings. The molecule has 1 aromatic rings. The molecular formula is C16H23NO. The van der Waals surface area contributed by atoms with Gasteiger partial charge in [-0.3, -0.25) is 0 Å². The predicted octanol–water partition coefficient (Wildman–Crippen LogP) is 2.88. The first-order valence-corrected chi connectivity index (χ1v) is 7.26. The van der Waals surface area contributed by atoms with Gasteiger partial charge >= 0.3 is 0 Å². The van der Waals surface area contributed by atoms with Gasteiger partial charge in [-0.2, -0.15) is 0 Å². The molecular weight excluding hydrogens is 222 g/mol. The standard InChI is InChI=1S/C16H23NO/c1-2-6-14(7-3-1)16(9-4-5-10-16)13-17-15-8-11-18-12-15/h1-3,6-7,15,17H,4-5,8-13H2/t15-/m0/s1. The van der Waals surface area contributed by atoms with E-state index in [9.17, 15) is 0 Å². The van der Waals surface area contributed by atoms with Gasteiger partial charge in [0.25, 0.3) is 0 Å². The summed E-state index contributed by atoms with van der Waals surface area (Å²) in [5.41, 5.74) is 1.90. The molecule has 0 unspecified atom stereocenters. The van der Waals surface area contributed by atoms with Gasteiger partial charge in [-0.05, 0) is 24.8 Å². The fraction of sp³-hybridized carbons (Fsp3) is 0.625. The zero-order valence-electron chi connectivity index (χ0n) is 11.0. The molecule has 0 amide bonds. The van der Waals surface area contributed by atoms with E-state index in [1.165, 1.54) is 37.7 Å². The molecule has 0 radical (unpaired) electrons. The van der Waals surface area contributed by atoms with Gasteiger partial charge < -0.3 is 10.1 Å². The van der Waals surface area contributed by atoms with E-state index in [2.05, 4.69) is 35.6 Å². The molecule has 0 spiro atoms. The Morgan fingerprint density at radius 3 is 2.61 bits per heavy atom. The number of hydrogen-bond acceptors (Lipinski definition) is 2. The minimum Gasteiger partial charge on any atom is -0.380 e. The van der Waals surface area contributed by atoms with E-state index in [0.717, 1.165) is 19.8 Å². The Bertz CT molecular complexity index is 364. The molecule has 1 atom stereocenters. The van der Waals surface area contributed by atoms with Gasteiger partial charge in [0.05, 0.1) is 6.61 Å². The van der Waals surface area contributed by atoms with Crippen molar-refractivity contribution in [2.24, 2.45) is 0 Å². The van der Waals surface area contributed by atoms with E-state index in [-0.39, 0.29) is 0 Å². The number of nitrogens with one attached hydrogen (secondary N) is 1. The second kappa shape index (κ2) is 5.41. The number of benzene rings is 1. The van der Waals surface area contributed by atoms with Gasteiger partial charge in [0.2, 0.25) is 0 Å². The van der Waals surface area contributed by atoms with Crippen LogP contribution in [0.25, 0.3) is 0 Å². The van der Waals surface area contributed by atoms with Crippen LogP contribution in [0.2, 0.25) is 0 Å². The Hall–Kier alpha value is -0.860. The number of ether oxygens (including phenoxy) is 1. The average Bonchev–Trinajstić information content (AvgIpc) is 3.10. The van der Waals surface area contributed by atoms with Crippen molar-refractivity contribution < 1.29 is 4.74 Å². The molecule has 1 saturated carbocycles. The van der Waals surface area contributed by atoms with Gasteiger partial charge in [0.1, 0.15) is 0 Å². The SMILES string of the molecule is c1ccc(C2(CN[C@H]3CCOC3)CCCC2)cc1. The highest BCUT2D eigenvalue weighted by Gasteiger charge is 2.35. The van der Waals surface area contributed by atoms with Crippen LogP contribution in [-0.4, -0.2) is 25.8 Å². The Kier molecular flexibility index (Phi) is 3.67. The van der Waals surface area contributed by atoms with Crippen LogP contribution in [-0.2, 0) is 10.2 Å². The second-order valence-corrected chi connectivity index (χ2v) is 5.79. The number of rotatable bonds is 4.